The van der Waals surface area contributed by atoms with E-state index in [1.54, 1.807) is 78.9 Å². The minimum Gasteiger partial charge on any atom is -0.496 e. The number of imide groups is 1. The van der Waals surface area contributed by atoms with Gasteiger partial charge in [-0.15, -0.1) is 11.8 Å². The lowest BCUT2D eigenvalue weighted by Gasteiger charge is -2.15. The summed E-state index contributed by atoms with van der Waals surface area (Å²) in [5, 5.41) is 4.96. The number of carbonyl (C=O) groups excluding carboxylic acids is 4. The van der Waals surface area contributed by atoms with E-state index < -0.39 is 17.1 Å². The molecule has 5 rings (SSSR count). The lowest BCUT2D eigenvalue weighted by atomic mass is 10.1. The number of anilines is 2. The van der Waals surface area contributed by atoms with Gasteiger partial charge in [0.25, 0.3) is 11.8 Å². The van der Waals surface area contributed by atoms with Gasteiger partial charge in [-0.05, 0) is 95.4 Å². The van der Waals surface area contributed by atoms with E-state index in [0.717, 1.165) is 8.47 Å². The highest BCUT2D eigenvalue weighted by Gasteiger charge is 2.40. The first-order valence-electron chi connectivity index (χ1n) is 14.3. The maximum atomic E-state index is 13.6. The number of thioether (sulfide) groups is 1. The van der Waals surface area contributed by atoms with Crippen LogP contribution in [0.15, 0.2) is 102 Å². The van der Waals surface area contributed by atoms with Gasteiger partial charge in [0.1, 0.15) is 11.4 Å². The molecule has 1 atom stereocenters. The number of rotatable bonds is 11. The molecule has 2 N–H and O–H groups in total. The van der Waals surface area contributed by atoms with Crippen LogP contribution in [0.4, 0.5) is 11.4 Å². The van der Waals surface area contributed by atoms with E-state index in [9.17, 15) is 19.2 Å². The van der Waals surface area contributed by atoms with Gasteiger partial charge in [0.05, 0.1) is 32.3 Å². The monoisotopic (exact) mass is 763 g/mol. The Labute approximate surface area is 289 Å². The third-order valence-electron chi connectivity index (χ3n) is 7.15. The highest BCUT2D eigenvalue weighted by Crippen LogP contribution is 2.36. The predicted octanol–water partition coefficient (Wildman–Crippen LogP) is 6.15. The Morgan fingerprint density at radius 1 is 0.851 bits per heavy atom. The minimum atomic E-state index is -0.587. The number of methoxy groups -OCH3 is 3. The smallest absolute Gasteiger partial charge is 0.272 e. The molecule has 0 aromatic heterocycles. The fourth-order valence-electron chi connectivity index (χ4n) is 4.80. The van der Waals surface area contributed by atoms with Crippen molar-refractivity contribution in [3.63, 3.8) is 0 Å². The second-order valence-electron chi connectivity index (χ2n) is 10.2. The van der Waals surface area contributed by atoms with Crippen LogP contribution in [0.25, 0.3) is 6.08 Å². The molecular formula is C35H30IN3O7S. The Hall–Kier alpha value is -4.82. The highest BCUT2D eigenvalue weighted by atomic mass is 127. The quantitative estimate of drug-likeness (QED) is 0.106. The van der Waals surface area contributed by atoms with Gasteiger partial charge in [0.15, 0.2) is 11.5 Å². The molecule has 1 heterocycles. The summed E-state index contributed by atoms with van der Waals surface area (Å²) >= 11 is 3.45. The molecule has 4 aromatic carbocycles. The Morgan fingerprint density at radius 2 is 1.49 bits per heavy atom. The molecule has 1 aliphatic heterocycles. The van der Waals surface area contributed by atoms with Crippen molar-refractivity contribution in [3.8, 4) is 17.2 Å². The molecule has 1 fully saturated rings. The lowest BCUT2D eigenvalue weighted by molar-refractivity contribution is -0.121. The van der Waals surface area contributed by atoms with Crippen LogP contribution in [0.2, 0.25) is 0 Å². The van der Waals surface area contributed by atoms with Gasteiger partial charge in [-0.2, -0.15) is 0 Å². The van der Waals surface area contributed by atoms with Crippen LogP contribution in [0.1, 0.15) is 22.3 Å². The van der Waals surface area contributed by atoms with Gasteiger partial charge in [0.2, 0.25) is 11.8 Å². The van der Waals surface area contributed by atoms with Crippen LogP contribution >= 0.6 is 34.4 Å². The molecule has 0 saturated carbocycles. The van der Waals surface area contributed by atoms with Crippen molar-refractivity contribution < 1.29 is 33.4 Å². The molecule has 4 aromatic rings. The van der Waals surface area contributed by atoms with E-state index in [1.807, 2.05) is 12.1 Å². The fourth-order valence-corrected chi connectivity index (χ4v) is 6.21. The molecule has 1 aliphatic rings. The lowest BCUT2D eigenvalue weighted by Crippen LogP contribution is -2.31. The summed E-state index contributed by atoms with van der Waals surface area (Å²) in [5.74, 6) is -0.349. The third-order valence-corrected chi connectivity index (χ3v) is 9.06. The van der Waals surface area contributed by atoms with Gasteiger partial charge in [-0.25, -0.2) is 4.90 Å². The van der Waals surface area contributed by atoms with E-state index >= 15 is 0 Å². The molecule has 0 spiro atoms. The second-order valence-corrected chi connectivity index (χ2v) is 12.7. The third kappa shape index (κ3) is 7.95. The van der Waals surface area contributed by atoms with Crippen molar-refractivity contribution in [3.05, 3.63) is 111 Å². The second kappa shape index (κ2) is 15.2. The van der Waals surface area contributed by atoms with E-state index in [-0.39, 0.29) is 23.9 Å². The summed E-state index contributed by atoms with van der Waals surface area (Å²) in [7, 11) is 4.47. The van der Waals surface area contributed by atoms with Crippen LogP contribution < -0.4 is 29.7 Å². The largest absolute Gasteiger partial charge is 0.496 e. The molecule has 47 heavy (non-hydrogen) atoms. The van der Waals surface area contributed by atoms with Gasteiger partial charge in [-0.1, -0.05) is 18.2 Å². The first-order valence-corrected chi connectivity index (χ1v) is 16.2. The van der Waals surface area contributed by atoms with Crippen molar-refractivity contribution >= 4 is 75.4 Å². The Bertz CT molecular complexity index is 1830. The van der Waals surface area contributed by atoms with Crippen molar-refractivity contribution in [2.75, 3.05) is 31.5 Å². The van der Waals surface area contributed by atoms with E-state index in [4.69, 9.17) is 14.2 Å². The number of hydrogen-bond acceptors (Lipinski definition) is 8. The molecule has 10 nitrogen and oxygen atoms in total. The first-order chi connectivity index (χ1) is 22.7. The molecule has 1 unspecified atom stereocenters. The molecule has 1 saturated heterocycles. The normalized spacial score (nSPS) is 14.5. The zero-order valence-corrected chi connectivity index (χ0v) is 28.6. The number of benzene rings is 4. The molecule has 12 heteroatoms. The number of nitrogens with zero attached hydrogens (tertiary/aromatic N) is 1. The van der Waals surface area contributed by atoms with Crippen molar-refractivity contribution in [1.82, 2.24) is 5.32 Å². The summed E-state index contributed by atoms with van der Waals surface area (Å²) in [6, 6.07) is 25.9. The molecule has 4 amide bonds. The number of carbonyl (C=O) groups is 4. The Morgan fingerprint density at radius 3 is 2.13 bits per heavy atom. The zero-order valence-electron chi connectivity index (χ0n) is 25.6. The maximum absolute atomic E-state index is 13.6. The number of amides is 4. The number of ether oxygens (including phenoxy) is 3. The topological polar surface area (TPSA) is 123 Å². The van der Waals surface area contributed by atoms with Gasteiger partial charge >= 0.3 is 0 Å². The van der Waals surface area contributed by atoms with Crippen molar-refractivity contribution in [2.45, 2.75) is 16.6 Å². The summed E-state index contributed by atoms with van der Waals surface area (Å²) in [6.45, 7) is 0. The van der Waals surface area contributed by atoms with E-state index in [2.05, 4.69) is 33.2 Å². The molecular weight excluding hydrogens is 733 g/mol. The molecule has 0 bridgehead atoms. The zero-order chi connectivity index (χ0) is 33.5. The molecule has 0 radical (unpaired) electrons. The summed E-state index contributed by atoms with van der Waals surface area (Å²) < 4.78 is 17.3. The van der Waals surface area contributed by atoms with Crippen LogP contribution in [-0.4, -0.2) is 50.2 Å². The average molecular weight is 764 g/mol. The summed E-state index contributed by atoms with van der Waals surface area (Å²) in [4.78, 5) is 54.5. The van der Waals surface area contributed by atoms with E-state index in [1.165, 1.54) is 44.1 Å². The summed E-state index contributed by atoms with van der Waals surface area (Å²) in [5.41, 5.74) is 1.79. The summed E-state index contributed by atoms with van der Waals surface area (Å²) in [6.07, 6.45) is 1.58. The first kappa shape index (κ1) is 33.5. The Balaban J connectivity index is 1.35. The Kier molecular flexibility index (Phi) is 10.8. The number of halogens is 1. The standard InChI is InChI=1S/C35H30IN3O7S/c1-44-28-19-30(46-3)29(45-2)18-22(28)17-27(38-33(41)21-7-5-4-6-8-21)34(42)37-24-11-15-26(16-12-24)47-31-20-32(40)39(35(31)43)25-13-9-23(36)10-14-25/h4-19,31H,20H2,1-3H3,(H,37,42)(H,38,41)/b27-17-. The van der Waals surface area contributed by atoms with Gasteiger partial charge in [0, 0.05) is 37.8 Å². The fraction of sp³-hybridized carbons (Fsp3) is 0.143. The van der Waals surface area contributed by atoms with Crippen LogP contribution in [-0.2, 0) is 14.4 Å². The SMILES string of the molecule is COc1cc(OC)c(OC)cc1/C=C(\NC(=O)c1ccccc1)C(=O)Nc1ccc(SC2CC(=O)N(c3ccc(I)cc3)C2=O)cc1. The van der Waals surface area contributed by atoms with Crippen LogP contribution in [0.5, 0.6) is 17.2 Å². The number of hydrogen-bond donors (Lipinski definition) is 2. The van der Waals surface area contributed by atoms with Gasteiger partial charge < -0.3 is 24.8 Å². The molecule has 0 aliphatic carbocycles. The average Bonchev–Trinajstić information content (AvgIpc) is 3.37. The van der Waals surface area contributed by atoms with E-state index in [0.29, 0.717) is 39.8 Å². The predicted molar refractivity (Wildman–Crippen MR) is 189 cm³/mol. The van der Waals surface area contributed by atoms with Gasteiger partial charge in [-0.3, -0.25) is 19.2 Å². The maximum Gasteiger partial charge on any atom is 0.272 e. The van der Waals surface area contributed by atoms with Crippen molar-refractivity contribution in [1.29, 1.82) is 0 Å². The molecule has 240 valence electrons. The number of nitrogens with one attached hydrogen (secondary N) is 2. The highest BCUT2D eigenvalue weighted by molar-refractivity contribution is 14.1. The minimum absolute atomic E-state index is 0.0476. The van der Waals surface area contributed by atoms with Crippen LogP contribution in [0.3, 0.4) is 0 Å². The van der Waals surface area contributed by atoms with Crippen LogP contribution in [0, 0.1) is 3.57 Å². The van der Waals surface area contributed by atoms with Crippen molar-refractivity contribution in [2.24, 2.45) is 0 Å².